The number of hydrogen-bond donors (Lipinski definition) is 1. The molecule has 0 saturated carbocycles. The Morgan fingerprint density at radius 2 is 2.33 bits per heavy atom. The molecule has 1 aromatic heterocycles. The number of esters is 1. The SMILES string of the molecule is COCC(C)OC(=O)c1cc(N)cn1C. The smallest absolute Gasteiger partial charge is 0.355 e. The number of nitrogens with two attached hydrogens (primary N) is 1. The number of carbonyl (C=O) groups excluding carboxylic acids is 1. The zero-order chi connectivity index (χ0) is 11.4. The second kappa shape index (κ2) is 4.84. The van der Waals surface area contributed by atoms with Gasteiger partial charge in [-0.25, -0.2) is 4.79 Å². The molecule has 0 aliphatic heterocycles. The van der Waals surface area contributed by atoms with E-state index in [-0.39, 0.29) is 6.10 Å². The summed E-state index contributed by atoms with van der Waals surface area (Å²) in [6.45, 7) is 2.15. The molecule has 15 heavy (non-hydrogen) atoms. The lowest BCUT2D eigenvalue weighted by Crippen LogP contribution is -2.21. The molecule has 84 valence electrons. The molecule has 0 aliphatic carbocycles. The van der Waals surface area contributed by atoms with Crippen molar-refractivity contribution >= 4 is 11.7 Å². The molecule has 5 heteroatoms. The van der Waals surface area contributed by atoms with E-state index in [9.17, 15) is 4.79 Å². The van der Waals surface area contributed by atoms with Gasteiger partial charge in [-0.2, -0.15) is 0 Å². The molecule has 0 aromatic carbocycles. The van der Waals surface area contributed by atoms with E-state index in [1.807, 2.05) is 0 Å². The number of hydrogen-bond acceptors (Lipinski definition) is 4. The molecule has 0 fully saturated rings. The summed E-state index contributed by atoms with van der Waals surface area (Å²) >= 11 is 0. The van der Waals surface area contributed by atoms with Gasteiger partial charge in [-0.3, -0.25) is 0 Å². The summed E-state index contributed by atoms with van der Waals surface area (Å²) in [4.78, 5) is 11.6. The molecule has 0 bridgehead atoms. The third-order valence-electron chi connectivity index (χ3n) is 1.94. The molecule has 1 heterocycles. The van der Waals surface area contributed by atoms with E-state index < -0.39 is 5.97 Å². The molecule has 0 saturated heterocycles. The number of ether oxygens (including phenoxy) is 2. The van der Waals surface area contributed by atoms with Gasteiger partial charge in [0.2, 0.25) is 0 Å². The third-order valence-corrected chi connectivity index (χ3v) is 1.94. The normalized spacial score (nSPS) is 12.5. The fourth-order valence-corrected chi connectivity index (χ4v) is 1.30. The summed E-state index contributed by atoms with van der Waals surface area (Å²) in [5, 5.41) is 0. The highest BCUT2D eigenvalue weighted by atomic mass is 16.6. The highest BCUT2D eigenvalue weighted by molar-refractivity contribution is 5.89. The molecular weight excluding hydrogens is 196 g/mol. The van der Waals surface area contributed by atoms with Gasteiger partial charge in [-0.05, 0) is 13.0 Å². The van der Waals surface area contributed by atoms with Gasteiger partial charge in [0.1, 0.15) is 11.8 Å². The molecule has 0 aliphatic rings. The highest BCUT2D eigenvalue weighted by Crippen LogP contribution is 2.10. The lowest BCUT2D eigenvalue weighted by molar-refractivity contribution is 0.0111. The summed E-state index contributed by atoms with van der Waals surface area (Å²) in [6.07, 6.45) is 1.40. The van der Waals surface area contributed by atoms with Crippen LogP contribution in [0.25, 0.3) is 0 Å². The maximum atomic E-state index is 11.6. The van der Waals surface area contributed by atoms with E-state index in [4.69, 9.17) is 15.2 Å². The maximum absolute atomic E-state index is 11.6. The molecule has 2 N–H and O–H groups in total. The standard InChI is InChI=1S/C10H16N2O3/c1-7(6-14-3)15-10(13)9-4-8(11)5-12(9)2/h4-5,7H,6,11H2,1-3H3. The van der Waals surface area contributed by atoms with Gasteiger partial charge in [0.15, 0.2) is 0 Å². The number of aryl methyl sites for hydroxylation is 1. The number of aromatic nitrogens is 1. The maximum Gasteiger partial charge on any atom is 0.355 e. The summed E-state index contributed by atoms with van der Waals surface area (Å²) < 4.78 is 11.6. The quantitative estimate of drug-likeness (QED) is 0.750. The van der Waals surface area contributed by atoms with Gasteiger partial charge < -0.3 is 19.8 Å². The fourth-order valence-electron chi connectivity index (χ4n) is 1.30. The van der Waals surface area contributed by atoms with Gasteiger partial charge in [0.25, 0.3) is 0 Å². The number of nitrogens with zero attached hydrogens (tertiary/aromatic N) is 1. The summed E-state index contributed by atoms with van der Waals surface area (Å²) in [5.41, 5.74) is 6.54. The average molecular weight is 212 g/mol. The van der Waals surface area contributed by atoms with Crippen LogP contribution in [0.3, 0.4) is 0 Å². The molecule has 0 spiro atoms. The minimum atomic E-state index is -0.390. The summed E-state index contributed by atoms with van der Waals surface area (Å²) in [5.74, 6) is -0.390. The van der Waals surface area contributed by atoms with Crippen LogP contribution in [0.15, 0.2) is 12.3 Å². The number of methoxy groups -OCH3 is 1. The minimum absolute atomic E-state index is 0.265. The van der Waals surface area contributed by atoms with Crippen molar-refractivity contribution in [3.05, 3.63) is 18.0 Å². The Bertz CT molecular complexity index is 346. The number of carbonyl (C=O) groups is 1. The topological polar surface area (TPSA) is 66.5 Å². The monoisotopic (exact) mass is 212 g/mol. The van der Waals surface area contributed by atoms with Crippen molar-refractivity contribution in [2.45, 2.75) is 13.0 Å². The van der Waals surface area contributed by atoms with Crippen molar-refractivity contribution in [1.29, 1.82) is 0 Å². The van der Waals surface area contributed by atoms with E-state index in [1.54, 1.807) is 37.9 Å². The number of anilines is 1. The fraction of sp³-hybridized carbons (Fsp3) is 0.500. The van der Waals surface area contributed by atoms with E-state index in [0.29, 0.717) is 18.0 Å². The molecule has 1 aromatic rings. The van der Waals surface area contributed by atoms with Crippen LogP contribution in [0.1, 0.15) is 17.4 Å². The van der Waals surface area contributed by atoms with E-state index in [0.717, 1.165) is 0 Å². The van der Waals surface area contributed by atoms with E-state index in [2.05, 4.69) is 0 Å². The van der Waals surface area contributed by atoms with Crippen molar-refractivity contribution in [1.82, 2.24) is 4.57 Å². The first-order chi connectivity index (χ1) is 7.04. The molecule has 0 radical (unpaired) electrons. The first-order valence-corrected chi connectivity index (χ1v) is 4.66. The Labute approximate surface area is 88.8 Å². The minimum Gasteiger partial charge on any atom is -0.456 e. The van der Waals surface area contributed by atoms with Crippen molar-refractivity contribution in [3.8, 4) is 0 Å². The van der Waals surface area contributed by atoms with Gasteiger partial charge >= 0.3 is 5.97 Å². The van der Waals surface area contributed by atoms with Crippen LogP contribution >= 0.6 is 0 Å². The Hall–Kier alpha value is -1.49. The largest absolute Gasteiger partial charge is 0.456 e. The van der Waals surface area contributed by atoms with Crippen LogP contribution in [0.2, 0.25) is 0 Å². The lowest BCUT2D eigenvalue weighted by Gasteiger charge is -2.12. The molecular formula is C10H16N2O3. The van der Waals surface area contributed by atoms with Gasteiger partial charge in [-0.15, -0.1) is 0 Å². The predicted molar refractivity (Wildman–Crippen MR) is 56.6 cm³/mol. The first kappa shape index (κ1) is 11.6. The Morgan fingerprint density at radius 1 is 1.67 bits per heavy atom. The highest BCUT2D eigenvalue weighted by Gasteiger charge is 2.15. The zero-order valence-electron chi connectivity index (χ0n) is 9.19. The Balaban J connectivity index is 2.65. The van der Waals surface area contributed by atoms with E-state index in [1.165, 1.54) is 0 Å². The van der Waals surface area contributed by atoms with Crippen molar-refractivity contribution in [2.24, 2.45) is 7.05 Å². The zero-order valence-corrected chi connectivity index (χ0v) is 9.19. The van der Waals surface area contributed by atoms with Crippen molar-refractivity contribution in [2.75, 3.05) is 19.5 Å². The van der Waals surface area contributed by atoms with Crippen LogP contribution in [-0.4, -0.2) is 30.4 Å². The Morgan fingerprint density at radius 3 is 2.80 bits per heavy atom. The van der Waals surface area contributed by atoms with Crippen LogP contribution < -0.4 is 5.73 Å². The third kappa shape index (κ3) is 2.99. The predicted octanol–water partition coefficient (Wildman–Crippen LogP) is 0.799. The molecule has 0 amide bonds. The number of nitrogen functional groups attached to an aromatic ring is 1. The van der Waals surface area contributed by atoms with E-state index >= 15 is 0 Å². The van der Waals surface area contributed by atoms with Crippen LogP contribution in [0.5, 0.6) is 0 Å². The molecule has 1 unspecified atom stereocenters. The van der Waals surface area contributed by atoms with Crippen molar-refractivity contribution in [3.63, 3.8) is 0 Å². The first-order valence-electron chi connectivity index (χ1n) is 4.66. The van der Waals surface area contributed by atoms with Crippen LogP contribution in [0, 0.1) is 0 Å². The lowest BCUT2D eigenvalue weighted by atomic mass is 10.4. The average Bonchev–Trinajstić information content (AvgIpc) is 2.45. The van der Waals surface area contributed by atoms with Gasteiger partial charge in [0, 0.05) is 20.4 Å². The summed E-state index contributed by atoms with van der Waals surface area (Å²) in [6, 6.07) is 1.59. The molecule has 5 nitrogen and oxygen atoms in total. The number of rotatable bonds is 4. The van der Waals surface area contributed by atoms with Gasteiger partial charge in [0.05, 0.1) is 12.3 Å². The van der Waals surface area contributed by atoms with Crippen LogP contribution in [0.4, 0.5) is 5.69 Å². The molecule has 1 atom stereocenters. The van der Waals surface area contributed by atoms with Crippen molar-refractivity contribution < 1.29 is 14.3 Å². The van der Waals surface area contributed by atoms with Gasteiger partial charge in [-0.1, -0.05) is 0 Å². The summed E-state index contributed by atoms with van der Waals surface area (Å²) in [7, 11) is 3.30. The molecule has 1 rings (SSSR count). The van der Waals surface area contributed by atoms with Crippen LogP contribution in [-0.2, 0) is 16.5 Å². The Kier molecular flexibility index (Phi) is 3.74. The second-order valence-electron chi connectivity index (χ2n) is 3.44. The second-order valence-corrected chi connectivity index (χ2v) is 3.44.